The van der Waals surface area contributed by atoms with Crippen LogP contribution in [0.25, 0.3) is 0 Å². The van der Waals surface area contributed by atoms with Gasteiger partial charge in [0.15, 0.2) is 5.79 Å². The summed E-state index contributed by atoms with van der Waals surface area (Å²) in [6, 6.07) is 0. The van der Waals surface area contributed by atoms with Crippen LogP contribution in [0.1, 0.15) is 20.3 Å². The van der Waals surface area contributed by atoms with Crippen molar-refractivity contribution in [1.29, 1.82) is 0 Å². The summed E-state index contributed by atoms with van der Waals surface area (Å²) in [6.07, 6.45) is -1.20. The first-order valence-electron chi connectivity index (χ1n) is 5.22. The van der Waals surface area contributed by atoms with Crippen molar-refractivity contribution in [3.8, 4) is 0 Å². The molecule has 3 N–H and O–H groups in total. The SMILES string of the molecule is CC1(C)OC[C@]2(OC[C@@H](O)C[C@@H]2O)O1.CO. The monoisotopic (exact) mass is 236 g/mol. The van der Waals surface area contributed by atoms with Crippen molar-refractivity contribution in [1.82, 2.24) is 0 Å². The molecule has 0 aliphatic carbocycles. The lowest BCUT2D eigenvalue weighted by molar-refractivity contribution is -0.315. The van der Waals surface area contributed by atoms with Gasteiger partial charge in [-0.15, -0.1) is 0 Å². The molecule has 2 heterocycles. The van der Waals surface area contributed by atoms with E-state index in [2.05, 4.69) is 0 Å². The van der Waals surface area contributed by atoms with Gasteiger partial charge >= 0.3 is 0 Å². The van der Waals surface area contributed by atoms with E-state index in [1.165, 1.54) is 0 Å². The molecular formula is C10H20O6. The van der Waals surface area contributed by atoms with Crippen LogP contribution in [0.15, 0.2) is 0 Å². The van der Waals surface area contributed by atoms with E-state index in [1.807, 2.05) is 0 Å². The van der Waals surface area contributed by atoms with Crippen LogP contribution >= 0.6 is 0 Å². The maximum absolute atomic E-state index is 9.77. The van der Waals surface area contributed by atoms with Gasteiger partial charge in [-0.25, -0.2) is 0 Å². The Bertz CT molecular complexity index is 231. The summed E-state index contributed by atoms with van der Waals surface area (Å²) in [7, 11) is 1.00. The Morgan fingerprint density at radius 1 is 1.12 bits per heavy atom. The number of ether oxygens (including phenoxy) is 3. The van der Waals surface area contributed by atoms with Gasteiger partial charge in [0.25, 0.3) is 0 Å². The summed E-state index contributed by atoms with van der Waals surface area (Å²) < 4.78 is 16.2. The van der Waals surface area contributed by atoms with Crippen molar-refractivity contribution in [3.63, 3.8) is 0 Å². The highest BCUT2D eigenvalue weighted by Crippen LogP contribution is 2.38. The van der Waals surface area contributed by atoms with Crippen molar-refractivity contribution >= 4 is 0 Å². The van der Waals surface area contributed by atoms with Crippen LogP contribution in [-0.4, -0.2) is 59.4 Å². The van der Waals surface area contributed by atoms with Crippen LogP contribution in [0.4, 0.5) is 0 Å². The standard InChI is InChI=1S/C9H16O5.CH4O/c1-8(2)13-5-9(14-8)7(11)3-6(10)4-12-9;1-2/h6-7,10-11H,3-5H2,1-2H3;2H,1H3/t6-,7-,9-;/m0./s1. The van der Waals surface area contributed by atoms with Crippen molar-refractivity contribution in [2.75, 3.05) is 20.3 Å². The minimum Gasteiger partial charge on any atom is -0.400 e. The first-order chi connectivity index (χ1) is 7.44. The summed E-state index contributed by atoms with van der Waals surface area (Å²) in [5, 5.41) is 26.0. The topological polar surface area (TPSA) is 88.4 Å². The summed E-state index contributed by atoms with van der Waals surface area (Å²) in [4.78, 5) is 0. The van der Waals surface area contributed by atoms with Gasteiger partial charge in [0.1, 0.15) is 12.7 Å². The van der Waals surface area contributed by atoms with E-state index in [9.17, 15) is 10.2 Å². The zero-order valence-corrected chi connectivity index (χ0v) is 9.84. The van der Waals surface area contributed by atoms with Crippen LogP contribution in [0.3, 0.4) is 0 Å². The minimum absolute atomic E-state index is 0.177. The lowest BCUT2D eigenvalue weighted by Crippen LogP contribution is -2.54. The van der Waals surface area contributed by atoms with Crippen molar-refractivity contribution in [2.45, 2.75) is 44.1 Å². The maximum atomic E-state index is 9.77. The van der Waals surface area contributed by atoms with Gasteiger partial charge in [0.2, 0.25) is 5.79 Å². The molecule has 0 radical (unpaired) electrons. The van der Waals surface area contributed by atoms with Gasteiger partial charge in [-0.3, -0.25) is 0 Å². The first-order valence-corrected chi connectivity index (χ1v) is 5.22. The zero-order chi connectivity index (χ0) is 12.4. The molecule has 0 bridgehead atoms. The van der Waals surface area contributed by atoms with Gasteiger partial charge in [0, 0.05) is 13.5 Å². The predicted octanol–water partition coefficient (Wildman–Crippen LogP) is -0.784. The number of hydrogen-bond acceptors (Lipinski definition) is 6. The Kier molecular flexibility index (Phi) is 4.28. The smallest absolute Gasteiger partial charge is 0.221 e. The second kappa shape index (κ2) is 4.95. The molecule has 6 heteroatoms. The third-order valence-corrected chi connectivity index (χ3v) is 2.56. The molecule has 0 saturated carbocycles. The second-order valence-electron chi connectivity index (χ2n) is 4.32. The lowest BCUT2D eigenvalue weighted by atomic mass is 10.0. The van der Waals surface area contributed by atoms with Crippen LogP contribution in [0.2, 0.25) is 0 Å². The summed E-state index contributed by atoms with van der Waals surface area (Å²) >= 11 is 0. The van der Waals surface area contributed by atoms with Gasteiger partial charge in [-0.05, 0) is 13.8 Å². The fraction of sp³-hybridized carbons (Fsp3) is 1.00. The molecule has 0 aromatic rings. The highest BCUT2D eigenvalue weighted by molar-refractivity contribution is 4.91. The molecule has 0 amide bonds. The van der Waals surface area contributed by atoms with E-state index < -0.39 is 23.8 Å². The van der Waals surface area contributed by atoms with Gasteiger partial charge < -0.3 is 29.5 Å². The summed E-state index contributed by atoms with van der Waals surface area (Å²) in [6.45, 7) is 3.91. The van der Waals surface area contributed by atoms with Gasteiger partial charge in [0.05, 0.1) is 12.7 Å². The molecule has 2 aliphatic heterocycles. The lowest BCUT2D eigenvalue weighted by Gasteiger charge is -2.38. The highest BCUT2D eigenvalue weighted by atomic mass is 16.8. The molecule has 6 nitrogen and oxygen atoms in total. The van der Waals surface area contributed by atoms with Crippen molar-refractivity contribution in [2.24, 2.45) is 0 Å². The Morgan fingerprint density at radius 2 is 1.75 bits per heavy atom. The molecule has 2 rings (SSSR count). The zero-order valence-electron chi connectivity index (χ0n) is 9.84. The minimum atomic E-state index is -1.08. The molecular weight excluding hydrogens is 216 g/mol. The third-order valence-electron chi connectivity index (χ3n) is 2.56. The summed E-state index contributed by atoms with van der Waals surface area (Å²) in [5.41, 5.74) is 0. The number of rotatable bonds is 0. The van der Waals surface area contributed by atoms with E-state index in [-0.39, 0.29) is 19.6 Å². The van der Waals surface area contributed by atoms with E-state index in [4.69, 9.17) is 19.3 Å². The van der Waals surface area contributed by atoms with Gasteiger partial charge in [-0.2, -0.15) is 0 Å². The average molecular weight is 236 g/mol. The van der Waals surface area contributed by atoms with Crippen LogP contribution in [0.5, 0.6) is 0 Å². The fourth-order valence-electron chi connectivity index (χ4n) is 1.82. The van der Waals surface area contributed by atoms with E-state index in [0.717, 1.165) is 7.11 Å². The molecule has 0 unspecified atom stereocenters. The molecule has 1 spiro atoms. The first kappa shape index (κ1) is 13.8. The predicted molar refractivity (Wildman–Crippen MR) is 54.6 cm³/mol. The maximum Gasteiger partial charge on any atom is 0.221 e. The molecule has 2 aliphatic rings. The Hall–Kier alpha value is -0.240. The van der Waals surface area contributed by atoms with E-state index in [0.29, 0.717) is 0 Å². The van der Waals surface area contributed by atoms with Crippen LogP contribution < -0.4 is 0 Å². The Labute approximate surface area is 94.7 Å². The average Bonchev–Trinajstić information content (AvgIpc) is 2.54. The normalized spacial score (nSPS) is 41.6. The van der Waals surface area contributed by atoms with Crippen LogP contribution in [-0.2, 0) is 14.2 Å². The van der Waals surface area contributed by atoms with Gasteiger partial charge in [-0.1, -0.05) is 0 Å². The largest absolute Gasteiger partial charge is 0.400 e. The van der Waals surface area contributed by atoms with Crippen molar-refractivity contribution in [3.05, 3.63) is 0 Å². The van der Waals surface area contributed by atoms with Crippen LogP contribution in [0, 0.1) is 0 Å². The number of hydrogen-bond donors (Lipinski definition) is 3. The molecule has 0 aromatic carbocycles. The fourth-order valence-corrected chi connectivity index (χ4v) is 1.82. The Balaban J connectivity index is 0.000000606. The summed E-state index contributed by atoms with van der Waals surface area (Å²) in [5.74, 6) is -1.81. The van der Waals surface area contributed by atoms with E-state index in [1.54, 1.807) is 13.8 Å². The van der Waals surface area contributed by atoms with Crippen molar-refractivity contribution < 1.29 is 29.5 Å². The number of aliphatic hydroxyl groups is 3. The number of aliphatic hydroxyl groups excluding tert-OH is 3. The van der Waals surface area contributed by atoms with E-state index >= 15 is 0 Å². The second-order valence-corrected chi connectivity index (χ2v) is 4.32. The molecule has 96 valence electrons. The molecule has 0 aromatic heterocycles. The molecule has 3 atom stereocenters. The molecule has 2 saturated heterocycles. The third kappa shape index (κ3) is 2.71. The quantitative estimate of drug-likeness (QED) is 0.511. The molecule has 16 heavy (non-hydrogen) atoms. The Morgan fingerprint density at radius 3 is 2.19 bits per heavy atom. The highest BCUT2D eigenvalue weighted by Gasteiger charge is 2.54. The molecule has 2 fully saturated rings.